The van der Waals surface area contributed by atoms with Crippen molar-refractivity contribution >= 4 is 11.8 Å². The fourth-order valence-electron chi connectivity index (χ4n) is 2.26. The molecule has 6 nitrogen and oxygen atoms in total. The second-order valence-electron chi connectivity index (χ2n) is 5.14. The Morgan fingerprint density at radius 3 is 3.05 bits per heavy atom. The zero-order valence-electron chi connectivity index (χ0n) is 11.4. The number of amides is 2. The van der Waals surface area contributed by atoms with Gasteiger partial charge >= 0.3 is 0 Å². The van der Waals surface area contributed by atoms with Gasteiger partial charge in [0.05, 0.1) is 6.54 Å². The molecular formula is C13H20N4O2. The number of likely N-dealkylation sites (tertiary alicyclic amines) is 1. The lowest BCUT2D eigenvalue weighted by Crippen LogP contribution is -2.45. The monoisotopic (exact) mass is 264 g/mol. The molecule has 0 radical (unpaired) electrons. The number of aromatic nitrogens is 2. The third-order valence-corrected chi connectivity index (χ3v) is 3.44. The highest BCUT2D eigenvalue weighted by molar-refractivity contribution is 5.86. The molecular weight excluding hydrogens is 244 g/mol. The van der Waals surface area contributed by atoms with Gasteiger partial charge in [0.2, 0.25) is 11.8 Å². The minimum absolute atomic E-state index is 0.00200. The van der Waals surface area contributed by atoms with Crippen LogP contribution in [-0.2, 0) is 16.1 Å². The molecule has 19 heavy (non-hydrogen) atoms. The summed E-state index contributed by atoms with van der Waals surface area (Å²) in [6.07, 6.45) is 4.63. The van der Waals surface area contributed by atoms with Gasteiger partial charge in [-0.1, -0.05) is 0 Å². The molecule has 1 aromatic heterocycles. The molecule has 2 amide bonds. The Hall–Kier alpha value is -1.85. The quantitative estimate of drug-likeness (QED) is 0.848. The average Bonchev–Trinajstić information content (AvgIpc) is 2.85. The Bertz CT molecular complexity index is 444. The molecule has 0 aliphatic carbocycles. The zero-order valence-corrected chi connectivity index (χ0v) is 11.4. The van der Waals surface area contributed by atoms with E-state index in [1.807, 2.05) is 19.2 Å². The molecule has 0 aromatic carbocycles. The largest absolute Gasteiger partial charge is 0.352 e. The van der Waals surface area contributed by atoms with Crippen molar-refractivity contribution in [2.75, 3.05) is 13.6 Å². The number of carbonyl (C=O) groups is 2. The van der Waals surface area contributed by atoms with Crippen LogP contribution in [0.25, 0.3) is 0 Å². The Morgan fingerprint density at radius 1 is 1.63 bits per heavy atom. The van der Waals surface area contributed by atoms with Gasteiger partial charge in [0, 0.05) is 44.4 Å². The van der Waals surface area contributed by atoms with E-state index < -0.39 is 0 Å². The Balaban J connectivity index is 1.82. The zero-order chi connectivity index (χ0) is 13.8. The van der Waals surface area contributed by atoms with Crippen molar-refractivity contribution in [3.8, 4) is 0 Å². The van der Waals surface area contributed by atoms with Gasteiger partial charge in [0.15, 0.2) is 0 Å². The topological polar surface area (TPSA) is 67.2 Å². The first-order valence-electron chi connectivity index (χ1n) is 6.58. The van der Waals surface area contributed by atoms with E-state index in [0.29, 0.717) is 19.5 Å². The minimum atomic E-state index is -0.191. The summed E-state index contributed by atoms with van der Waals surface area (Å²) in [6.45, 7) is 3.24. The van der Waals surface area contributed by atoms with E-state index in [9.17, 15) is 9.59 Å². The molecule has 0 unspecified atom stereocenters. The Morgan fingerprint density at radius 2 is 2.42 bits per heavy atom. The van der Waals surface area contributed by atoms with Gasteiger partial charge in [-0.3, -0.25) is 14.3 Å². The molecule has 0 saturated carbocycles. The van der Waals surface area contributed by atoms with Gasteiger partial charge in [-0.15, -0.1) is 0 Å². The molecule has 1 aromatic rings. The lowest BCUT2D eigenvalue weighted by Gasteiger charge is -2.28. The second-order valence-corrected chi connectivity index (χ2v) is 5.14. The molecule has 1 aliphatic rings. The number of nitrogens with zero attached hydrogens (tertiary/aromatic N) is 3. The molecule has 2 atom stereocenters. The summed E-state index contributed by atoms with van der Waals surface area (Å²) in [4.78, 5) is 25.3. The molecule has 1 N–H and O–H groups in total. The standard InChI is InChI=1S/C13H20N4O2/c1-10(9-17-6-3-5-14-17)15-13(19)11-4-7-16(2)12(18)8-11/h3,5-6,10-11H,4,7-9H2,1-2H3,(H,15,19)/t10-,11+/m1/s1. The highest BCUT2D eigenvalue weighted by Gasteiger charge is 2.29. The number of rotatable bonds is 4. The van der Waals surface area contributed by atoms with Crippen LogP contribution < -0.4 is 5.32 Å². The van der Waals surface area contributed by atoms with Crippen LogP contribution in [-0.4, -0.2) is 46.1 Å². The van der Waals surface area contributed by atoms with Crippen LogP contribution >= 0.6 is 0 Å². The summed E-state index contributed by atoms with van der Waals surface area (Å²) >= 11 is 0. The predicted molar refractivity (Wildman–Crippen MR) is 70.2 cm³/mol. The summed E-state index contributed by atoms with van der Waals surface area (Å²) in [5, 5.41) is 7.06. The fraction of sp³-hybridized carbons (Fsp3) is 0.615. The van der Waals surface area contributed by atoms with Crippen LogP contribution in [0.4, 0.5) is 0 Å². The predicted octanol–water partition coefficient (Wildman–Crippen LogP) is 0.256. The summed E-state index contributed by atoms with van der Waals surface area (Å²) in [5.41, 5.74) is 0. The lowest BCUT2D eigenvalue weighted by molar-refractivity contribution is -0.139. The van der Waals surface area contributed by atoms with E-state index >= 15 is 0 Å². The van der Waals surface area contributed by atoms with Crippen molar-refractivity contribution in [1.82, 2.24) is 20.0 Å². The first-order chi connectivity index (χ1) is 9.06. The normalized spacial score (nSPS) is 21.3. The van der Waals surface area contributed by atoms with E-state index in [4.69, 9.17) is 0 Å². The second kappa shape index (κ2) is 5.86. The van der Waals surface area contributed by atoms with E-state index in [1.54, 1.807) is 22.8 Å². The first-order valence-corrected chi connectivity index (χ1v) is 6.58. The van der Waals surface area contributed by atoms with E-state index in [0.717, 1.165) is 6.42 Å². The molecule has 1 saturated heterocycles. The molecule has 0 bridgehead atoms. The fourth-order valence-corrected chi connectivity index (χ4v) is 2.26. The highest BCUT2D eigenvalue weighted by atomic mass is 16.2. The van der Waals surface area contributed by atoms with Crippen molar-refractivity contribution in [3.63, 3.8) is 0 Å². The van der Waals surface area contributed by atoms with Crippen molar-refractivity contribution in [1.29, 1.82) is 0 Å². The van der Waals surface area contributed by atoms with E-state index in [2.05, 4.69) is 10.4 Å². The Labute approximate surface area is 112 Å². The van der Waals surface area contributed by atoms with Crippen LogP contribution in [0.1, 0.15) is 19.8 Å². The minimum Gasteiger partial charge on any atom is -0.352 e. The SMILES string of the molecule is C[C@H](Cn1cccn1)NC(=O)[C@H]1CCN(C)C(=O)C1. The van der Waals surface area contributed by atoms with Crippen molar-refractivity contribution in [3.05, 3.63) is 18.5 Å². The van der Waals surface area contributed by atoms with Crippen molar-refractivity contribution in [2.24, 2.45) is 5.92 Å². The maximum absolute atomic E-state index is 12.1. The number of carbonyl (C=O) groups excluding carboxylic acids is 2. The van der Waals surface area contributed by atoms with Crippen molar-refractivity contribution in [2.45, 2.75) is 32.4 Å². The third-order valence-electron chi connectivity index (χ3n) is 3.44. The summed E-state index contributed by atoms with van der Waals surface area (Å²) < 4.78 is 1.78. The number of piperidine rings is 1. The van der Waals surface area contributed by atoms with Gasteiger partial charge in [-0.25, -0.2) is 0 Å². The maximum Gasteiger partial charge on any atom is 0.223 e. The van der Waals surface area contributed by atoms with Gasteiger partial charge in [-0.2, -0.15) is 5.10 Å². The molecule has 2 heterocycles. The molecule has 0 spiro atoms. The molecule has 2 rings (SSSR count). The van der Waals surface area contributed by atoms with Gasteiger partial charge in [0.1, 0.15) is 0 Å². The van der Waals surface area contributed by atoms with Crippen LogP contribution in [0.15, 0.2) is 18.5 Å². The maximum atomic E-state index is 12.1. The average molecular weight is 264 g/mol. The molecule has 1 fully saturated rings. The van der Waals surface area contributed by atoms with Crippen molar-refractivity contribution < 1.29 is 9.59 Å². The summed E-state index contributed by atoms with van der Waals surface area (Å²) in [7, 11) is 1.77. The van der Waals surface area contributed by atoms with Crippen LogP contribution in [0, 0.1) is 5.92 Å². The van der Waals surface area contributed by atoms with E-state index in [-0.39, 0.29) is 23.8 Å². The first kappa shape index (κ1) is 13.6. The molecule has 1 aliphatic heterocycles. The number of hydrogen-bond acceptors (Lipinski definition) is 3. The summed E-state index contributed by atoms with van der Waals surface area (Å²) in [5.74, 6) is -0.170. The van der Waals surface area contributed by atoms with Crippen LogP contribution in [0.2, 0.25) is 0 Å². The van der Waals surface area contributed by atoms with Crippen LogP contribution in [0.3, 0.4) is 0 Å². The van der Waals surface area contributed by atoms with Gasteiger partial charge in [0.25, 0.3) is 0 Å². The molecule has 104 valence electrons. The number of nitrogens with one attached hydrogen (secondary N) is 1. The van der Waals surface area contributed by atoms with Gasteiger partial charge < -0.3 is 10.2 Å². The van der Waals surface area contributed by atoms with Crippen LogP contribution in [0.5, 0.6) is 0 Å². The van der Waals surface area contributed by atoms with Gasteiger partial charge in [-0.05, 0) is 19.4 Å². The lowest BCUT2D eigenvalue weighted by atomic mass is 9.95. The smallest absolute Gasteiger partial charge is 0.223 e. The Kier molecular flexibility index (Phi) is 4.19. The molecule has 6 heteroatoms. The highest BCUT2D eigenvalue weighted by Crippen LogP contribution is 2.17. The summed E-state index contributed by atoms with van der Waals surface area (Å²) in [6, 6.07) is 1.85. The number of hydrogen-bond donors (Lipinski definition) is 1. The van der Waals surface area contributed by atoms with E-state index in [1.165, 1.54) is 0 Å². The third kappa shape index (κ3) is 3.56.